The zero-order valence-corrected chi connectivity index (χ0v) is 33.4. The second kappa shape index (κ2) is 15.5. The van der Waals surface area contributed by atoms with Gasteiger partial charge in [0, 0.05) is 34.4 Å². The third-order valence-electron chi connectivity index (χ3n) is 12.4. The normalized spacial score (nSPS) is 32.3. The first-order valence-electron chi connectivity index (χ1n) is 17.4. The Morgan fingerprint density at radius 3 is 1.52 bits per heavy atom. The summed E-state index contributed by atoms with van der Waals surface area (Å²) < 4.78 is 60.6. The Hall–Kier alpha value is -2.46. The summed E-state index contributed by atoms with van der Waals surface area (Å²) in [6, 6.07) is 11.4. The van der Waals surface area contributed by atoms with E-state index in [1.165, 1.54) is 9.80 Å². The van der Waals surface area contributed by atoms with Crippen molar-refractivity contribution >= 4 is 61.4 Å². The molecule has 2 unspecified atom stereocenters. The average Bonchev–Trinajstić information content (AvgIpc) is 3.73. The van der Waals surface area contributed by atoms with Gasteiger partial charge in [-0.1, -0.05) is 39.7 Å². The molecule has 4 N–H and O–H groups in total. The molecule has 18 heteroatoms. The number of ether oxygens (including phenoxy) is 2. The fourth-order valence-electron chi connectivity index (χ4n) is 9.89. The van der Waals surface area contributed by atoms with Gasteiger partial charge >= 0.3 is 38.4 Å². The Morgan fingerprint density at radius 1 is 0.759 bits per heavy atom. The van der Waals surface area contributed by atoms with Gasteiger partial charge in [0.2, 0.25) is 0 Å². The number of amides is 2. The Kier molecular flexibility index (Phi) is 11.8. The Bertz CT molecular complexity index is 1730. The van der Waals surface area contributed by atoms with Crippen LogP contribution in [0.1, 0.15) is 73.6 Å². The van der Waals surface area contributed by atoms with Crippen molar-refractivity contribution in [3.63, 3.8) is 0 Å². The summed E-state index contributed by atoms with van der Waals surface area (Å²) in [6.07, 6.45) is 4.54. The minimum atomic E-state index is -2.78. The molecule has 0 bridgehead atoms. The van der Waals surface area contributed by atoms with Crippen LogP contribution >= 0.6 is 37.6 Å². The molecule has 2 amide bonds. The molecular weight excluding hydrogens is 871 g/mol. The molecule has 0 radical (unpaired) electrons. The fourth-order valence-corrected chi connectivity index (χ4v) is 10.4. The SMILES string of the molecule is CN1C(=O)C2(N=C1N)c1cc(Br)ccc1CC21CCC(OC(F)F)CC1.CN1C(=O)C2(N=C1N)c1cc(Cl)ccc1CC21CCC(OC(F)F)CC1.[Cl][Cu]. The van der Waals surface area contributed by atoms with Crippen LogP contribution in [0.15, 0.2) is 50.9 Å². The number of hydrogen-bond donors (Lipinski definition) is 2. The summed E-state index contributed by atoms with van der Waals surface area (Å²) in [7, 11) is 7.44. The molecule has 2 saturated carbocycles. The first-order valence-corrected chi connectivity index (χ1v) is 19.9. The summed E-state index contributed by atoms with van der Waals surface area (Å²) in [6.45, 7) is -5.55. The second-order valence-corrected chi connectivity index (χ2v) is 16.2. The second-order valence-electron chi connectivity index (χ2n) is 14.8. The van der Waals surface area contributed by atoms with Crippen molar-refractivity contribution in [2.75, 3.05) is 14.1 Å². The topological polar surface area (TPSA) is 136 Å². The molecule has 6 aliphatic rings. The van der Waals surface area contributed by atoms with Crippen LogP contribution in [0.4, 0.5) is 17.6 Å². The van der Waals surface area contributed by atoms with Crippen molar-refractivity contribution < 1.29 is 51.7 Å². The number of benzene rings is 2. The molecule has 0 saturated heterocycles. The standard InChI is InChI=1S/C18H20BrF2N3O2.C18H20ClF2N3O2.ClH.Cu/c2*1-24-14(25)18(23-16(24)22)13-8-11(19)3-2-10(13)9-17(18)6-4-12(5-7-17)26-15(20)21;;/h2*2-3,8,12,15H,4-7,9H2,1H3,(H2,22,23);1H;/q;;;+1/p-1. The van der Waals surface area contributed by atoms with Crippen molar-refractivity contribution in [1.82, 2.24) is 9.80 Å². The minimum absolute atomic E-state index is 0.139. The van der Waals surface area contributed by atoms with Crippen LogP contribution < -0.4 is 11.5 Å². The van der Waals surface area contributed by atoms with Gasteiger partial charge in [-0.15, -0.1) is 0 Å². The summed E-state index contributed by atoms with van der Waals surface area (Å²) in [5.41, 5.74) is 12.6. The molecule has 8 rings (SSSR count). The van der Waals surface area contributed by atoms with E-state index in [1.807, 2.05) is 24.3 Å². The van der Waals surface area contributed by atoms with E-state index < -0.39 is 47.3 Å². The van der Waals surface area contributed by atoms with Gasteiger partial charge in [0.05, 0.1) is 12.2 Å². The van der Waals surface area contributed by atoms with Crippen LogP contribution in [0, 0.1) is 10.8 Å². The number of likely N-dealkylation sites (N-methyl/N-ethyl adjacent to an activating group) is 2. The van der Waals surface area contributed by atoms with Crippen LogP contribution in [0.5, 0.6) is 0 Å². The van der Waals surface area contributed by atoms with Crippen LogP contribution in [0.2, 0.25) is 5.02 Å². The van der Waals surface area contributed by atoms with E-state index in [0.717, 1.165) is 26.7 Å². The van der Waals surface area contributed by atoms with Gasteiger partial charge in [0.1, 0.15) is 0 Å². The maximum atomic E-state index is 13.3. The molecule has 0 aromatic heterocycles. The predicted octanol–water partition coefficient (Wildman–Crippen LogP) is 6.89. The molecule has 4 spiro atoms. The molecule has 298 valence electrons. The van der Waals surface area contributed by atoms with Crippen LogP contribution in [-0.4, -0.2) is 73.1 Å². The number of hydrogen-bond acceptors (Lipinski definition) is 8. The average molecular weight is 911 g/mol. The van der Waals surface area contributed by atoms with E-state index in [0.29, 0.717) is 69.2 Å². The quantitative estimate of drug-likeness (QED) is 0.254. The molecule has 2 aromatic rings. The monoisotopic (exact) mass is 908 g/mol. The number of guanidine groups is 2. The zero-order chi connectivity index (χ0) is 39.4. The molecular formula is C36H40BrCl2CuF4N6O4. The maximum absolute atomic E-state index is 13.3. The van der Waals surface area contributed by atoms with Crippen LogP contribution in [0.25, 0.3) is 0 Å². The predicted molar refractivity (Wildman–Crippen MR) is 195 cm³/mol. The fraction of sp³-hybridized carbons (Fsp3) is 0.556. The van der Waals surface area contributed by atoms with Crippen molar-refractivity contribution in [3.05, 3.63) is 68.1 Å². The van der Waals surface area contributed by atoms with Crippen molar-refractivity contribution in [3.8, 4) is 0 Å². The van der Waals surface area contributed by atoms with Crippen molar-refractivity contribution in [2.24, 2.45) is 32.3 Å². The first kappa shape index (κ1) is 41.2. The van der Waals surface area contributed by atoms with E-state index >= 15 is 0 Å². The van der Waals surface area contributed by atoms with E-state index in [-0.39, 0.29) is 23.7 Å². The van der Waals surface area contributed by atoms with Crippen LogP contribution in [0.3, 0.4) is 0 Å². The van der Waals surface area contributed by atoms with Gasteiger partial charge in [0.25, 0.3) is 11.8 Å². The number of nitrogens with zero attached hydrogens (tertiary/aromatic N) is 4. The number of nitrogens with two attached hydrogens (primary N) is 2. The van der Waals surface area contributed by atoms with Gasteiger partial charge in [-0.25, -0.2) is 9.98 Å². The molecule has 4 aliphatic carbocycles. The molecule has 2 aliphatic heterocycles. The van der Waals surface area contributed by atoms with Gasteiger partial charge in [-0.05, 0) is 111 Å². The molecule has 54 heavy (non-hydrogen) atoms. The molecule has 2 fully saturated rings. The first-order chi connectivity index (χ1) is 25.6. The number of rotatable bonds is 4. The van der Waals surface area contributed by atoms with E-state index in [4.69, 9.17) is 32.5 Å². The van der Waals surface area contributed by atoms with E-state index in [1.54, 1.807) is 26.2 Å². The number of aliphatic imine (C=N–C) groups is 2. The number of carbonyl (C=O) groups is 2. The summed E-state index contributed by atoms with van der Waals surface area (Å²) in [4.78, 5) is 38.7. The van der Waals surface area contributed by atoms with E-state index in [9.17, 15) is 27.2 Å². The van der Waals surface area contributed by atoms with Crippen molar-refractivity contribution in [2.45, 2.75) is 101 Å². The molecule has 2 heterocycles. The zero-order valence-electron chi connectivity index (χ0n) is 29.4. The van der Waals surface area contributed by atoms with Gasteiger partial charge in [-0.3, -0.25) is 19.4 Å². The van der Waals surface area contributed by atoms with Gasteiger partial charge < -0.3 is 20.9 Å². The third kappa shape index (κ3) is 6.55. The van der Waals surface area contributed by atoms with E-state index in [2.05, 4.69) is 51.1 Å². The Labute approximate surface area is 336 Å². The summed E-state index contributed by atoms with van der Waals surface area (Å²) >= 11 is 13.4. The van der Waals surface area contributed by atoms with Crippen LogP contribution in [-0.2, 0) is 58.1 Å². The van der Waals surface area contributed by atoms with Gasteiger partial charge in [0.15, 0.2) is 23.0 Å². The summed E-state index contributed by atoms with van der Waals surface area (Å²) in [5, 5.41) is 0.533. The summed E-state index contributed by atoms with van der Waals surface area (Å²) in [5.74, 6) is 0.0608. The number of carbonyl (C=O) groups excluding carboxylic acids is 2. The Morgan fingerprint density at radius 2 is 1.15 bits per heavy atom. The molecule has 10 nitrogen and oxygen atoms in total. The Balaban J connectivity index is 0.000000176. The number of alkyl halides is 4. The van der Waals surface area contributed by atoms with Gasteiger partial charge in [-0.2, -0.15) is 17.6 Å². The third-order valence-corrected chi connectivity index (χ3v) is 13.1. The van der Waals surface area contributed by atoms with Crippen molar-refractivity contribution in [1.29, 1.82) is 0 Å². The molecule has 2 atom stereocenters. The number of halogens is 7. The number of fused-ring (bicyclic) bond motifs is 6. The molecule has 2 aromatic carbocycles.